The summed E-state index contributed by atoms with van der Waals surface area (Å²) in [6.45, 7) is 7.60. The summed E-state index contributed by atoms with van der Waals surface area (Å²) in [6.07, 6.45) is 13.4. The van der Waals surface area contributed by atoms with E-state index in [2.05, 4.69) is 32.2 Å². The Kier molecular flexibility index (Phi) is 11.7. The molecule has 0 aliphatic heterocycles. The van der Waals surface area contributed by atoms with Gasteiger partial charge in [-0.25, -0.2) is 0 Å². The molecule has 4 unspecified atom stereocenters. The Morgan fingerprint density at radius 2 is 1.54 bits per heavy atom. The van der Waals surface area contributed by atoms with Gasteiger partial charge in [0.05, 0.1) is 8.07 Å². The van der Waals surface area contributed by atoms with Gasteiger partial charge in [0.2, 0.25) is 0 Å². The normalized spacial score (nSPS) is 29.6. The first-order valence-corrected chi connectivity index (χ1v) is 20.0. The summed E-state index contributed by atoms with van der Waals surface area (Å²) in [6, 6.07) is 4.50. The number of fused-ring (bicyclic) bond motifs is 1. The molecule has 3 aliphatic carbocycles. The zero-order valence-corrected chi connectivity index (χ0v) is 23.5. The van der Waals surface area contributed by atoms with Crippen molar-refractivity contribution in [1.29, 1.82) is 0 Å². The molecule has 5 heteroatoms. The quantitative estimate of drug-likeness (QED) is 0.285. The van der Waals surface area contributed by atoms with Gasteiger partial charge >= 0.3 is 37.9 Å². The first kappa shape index (κ1) is 27.0. The molecule has 0 radical (unpaired) electrons. The second-order valence-electron chi connectivity index (χ2n) is 9.40. The van der Waals surface area contributed by atoms with E-state index >= 15 is 0 Å². The maximum atomic E-state index is 6.18. The molecule has 0 saturated heterocycles. The van der Waals surface area contributed by atoms with Crippen LogP contribution in [-0.2, 0) is 20.8 Å². The summed E-state index contributed by atoms with van der Waals surface area (Å²) in [7, 11) is 8.63. The Morgan fingerprint density at radius 3 is 2.11 bits per heavy atom. The molecular weight excluding hydrogens is 482 g/mol. The van der Waals surface area contributed by atoms with Crippen LogP contribution < -0.4 is 0 Å². The number of halogens is 2. The minimum absolute atomic E-state index is 0. The Labute approximate surface area is 194 Å². The number of furan rings is 1. The third kappa shape index (κ3) is 5.80. The van der Waals surface area contributed by atoms with Crippen LogP contribution in [0.25, 0.3) is 0 Å². The van der Waals surface area contributed by atoms with Crippen LogP contribution in [0.2, 0.25) is 24.2 Å². The van der Waals surface area contributed by atoms with Crippen molar-refractivity contribution < 1.29 is 25.3 Å². The van der Waals surface area contributed by atoms with E-state index in [1.54, 1.807) is 0 Å². The van der Waals surface area contributed by atoms with E-state index in [9.17, 15) is 0 Å². The molecule has 1 aromatic rings. The van der Waals surface area contributed by atoms with Crippen LogP contribution in [0.3, 0.4) is 0 Å². The second kappa shape index (κ2) is 12.1. The summed E-state index contributed by atoms with van der Waals surface area (Å²) >= 11 is -0.826. The topological polar surface area (TPSA) is 13.1 Å². The van der Waals surface area contributed by atoms with Gasteiger partial charge in [-0.2, -0.15) is 0 Å². The number of hydrogen-bond acceptors (Lipinski definition) is 1. The van der Waals surface area contributed by atoms with Crippen LogP contribution in [0.1, 0.15) is 75.2 Å². The molecule has 3 saturated carbocycles. The van der Waals surface area contributed by atoms with Crippen molar-refractivity contribution in [3.63, 3.8) is 0 Å². The van der Waals surface area contributed by atoms with Gasteiger partial charge in [0, 0.05) is 5.92 Å². The Balaban J connectivity index is 0.000000739. The Hall–Kier alpha value is 0.960. The first-order valence-electron chi connectivity index (χ1n) is 10.5. The van der Waals surface area contributed by atoms with E-state index < -0.39 is 28.9 Å². The molecule has 1 aromatic heterocycles. The van der Waals surface area contributed by atoms with Crippen LogP contribution in [0.5, 0.6) is 0 Å². The van der Waals surface area contributed by atoms with E-state index in [4.69, 9.17) is 21.4 Å². The van der Waals surface area contributed by atoms with Gasteiger partial charge in [-0.05, 0) is 48.4 Å². The van der Waals surface area contributed by atoms with Crippen molar-refractivity contribution in [2.24, 2.45) is 11.8 Å². The summed E-state index contributed by atoms with van der Waals surface area (Å²) < 4.78 is 6.18. The summed E-state index contributed by atoms with van der Waals surface area (Å²) in [5.74, 6) is 5.19. The van der Waals surface area contributed by atoms with Crippen LogP contribution in [-0.4, -0.2) is 8.07 Å². The predicted molar refractivity (Wildman–Crippen MR) is 124 cm³/mol. The molecule has 3 aliphatic rings. The van der Waals surface area contributed by atoms with Crippen molar-refractivity contribution in [3.8, 4) is 0 Å². The molecule has 1 nitrogen and oxygen atoms in total. The zero-order chi connectivity index (χ0) is 18.7. The molecule has 0 aromatic carbocycles. The fourth-order valence-corrected chi connectivity index (χ4v) is 12.1. The molecule has 160 valence electrons. The van der Waals surface area contributed by atoms with Gasteiger partial charge in [0.25, 0.3) is 0 Å². The summed E-state index contributed by atoms with van der Waals surface area (Å²) in [5.41, 5.74) is 2.05. The van der Waals surface area contributed by atoms with Crippen LogP contribution >= 0.6 is 17.0 Å². The molecule has 1 heterocycles. The maximum absolute atomic E-state index is 6.18. The second-order valence-corrected chi connectivity index (χ2v) is 18.3. The zero-order valence-electron chi connectivity index (χ0n) is 18.6. The van der Waals surface area contributed by atoms with Gasteiger partial charge in [0.15, 0.2) is 0 Å². The van der Waals surface area contributed by atoms with E-state index in [0.717, 1.165) is 34.6 Å². The van der Waals surface area contributed by atoms with E-state index in [1.165, 1.54) is 63.5 Å². The average molecular weight is 523 g/mol. The molecular formula is C23H40Cl2OSiZr. The average Bonchev–Trinajstić information content (AvgIpc) is 3.34. The van der Waals surface area contributed by atoms with E-state index in [1.807, 2.05) is 0 Å². The molecule has 0 amide bonds. The van der Waals surface area contributed by atoms with Crippen molar-refractivity contribution in [2.75, 3.05) is 0 Å². The van der Waals surface area contributed by atoms with Crippen molar-refractivity contribution in [1.82, 2.24) is 0 Å². The number of hydrogen-bond donors (Lipinski definition) is 0. The van der Waals surface area contributed by atoms with Crippen LogP contribution in [0.4, 0.5) is 0 Å². The molecule has 0 N–H and O–H groups in total. The van der Waals surface area contributed by atoms with Crippen molar-refractivity contribution >= 4 is 25.1 Å². The third-order valence-corrected chi connectivity index (χ3v) is 13.0. The SMILES string of the molecule is Cc1ccc(C2CC3CCCCC3C2[Si](C)(C)C2CCCC2)o1.[CH3-].[CH3-].[Cl][Zr+2][Cl]. The van der Waals surface area contributed by atoms with Crippen LogP contribution in [0, 0.1) is 33.6 Å². The van der Waals surface area contributed by atoms with Crippen molar-refractivity contribution in [2.45, 2.75) is 94.8 Å². The van der Waals surface area contributed by atoms with Crippen LogP contribution in [0.15, 0.2) is 16.5 Å². The Morgan fingerprint density at radius 1 is 0.964 bits per heavy atom. The molecule has 4 atom stereocenters. The Bertz CT molecular complexity index is 571. The number of rotatable bonds is 3. The molecule has 0 spiro atoms. The fraction of sp³-hybridized carbons (Fsp3) is 0.739. The van der Waals surface area contributed by atoms with Gasteiger partial charge in [0.1, 0.15) is 11.5 Å². The van der Waals surface area contributed by atoms with Gasteiger partial charge in [-0.15, -0.1) is 0 Å². The monoisotopic (exact) mass is 520 g/mol. The summed E-state index contributed by atoms with van der Waals surface area (Å²) in [5, 5.41) is 0. The van der Waals surface area contributed by atoms with Gasteiger partial charge in [-0.3, -0.25) is 0 Å². The molecule has 3 fully saturated rings. The standard InChI is InChI=1S/C21H34OSi.2CH3.2ClH.Zr/c1-15-12-13-20(22-15)19-14-16-8-4-7-11-18(16)21(19)23(2,3)17-9-5-6-10-17;;;;;/h12-13,16-19,21H,4-11,14H2,1-3H3;2*1H3;2*1H;/q;2*-1;;;+4/p-2. The molecule has 4 rings (SSSR count). The molecule has 0 bridgehead atoms. The fourth-order valence-electron chi connectivity index (χ4n) is 6.73. The van der Waals surface area contributed by atoms with E-state index in [-0.39, 0.29) is 14.9 Å². The van der Waals surface area contributed by atoms with E-state index in [0.29, 0.717) is 0 Å². The number of aryl methyl sites for hydroxylation is 1. The van der Waals surface area contributed by atoms with Gasteiger partial charge < -0.3 is 19.3 Å². The molecule has 28 heavy (non-hydrogen) atoms. The summed E-state index contributed by atoms with van der Waals surface area (Å²) in [4.78, 5) is 0. The van der Waals surface area contributed by atoms with Crippen molar-refractivity contribution in [3.05, 3.63) is 38.5 Å². The minimum atomic E-state index is -1.24. The van der Waals surface area contributed by atoms with Gasteiger partial charge in [-0.1, -0.05) is 64.5 Å². The third-order valence-electron chi connectivity index (χ3n) is 7.81. The predicted octanol–water partition coefficient (Wildman–Crippen LogP) is 9.18. The first-order chi connectivity index (χ1) is 12.5.